The van der Waals surface area contributed by atoms with Gasteiger partial charge in [-0.25, -0.2) is 0 Å². The van der Waals surface area contributed by atoms with Crippen LogP contribution in [0.1, 0.15) is 49.7 Å². The smallest absolute Gasteiger partial charge is 0.191 e. The van der Waals surface area contributed by atoms with Crippen molar-refractivity contribution in [1.29, 1.82) is 0 Å². The molecule has 1 aromatic rings. The third-order valence-electron chi connectivity index (χ3n) is 6.79. The van der Waals surface area contributed by atoms with Gasteiger partial charge in [0.05, 0.1) is 13.2 Å². The van der Waals surface area contributed by atoms with Gasteiger partial charge in [0, 0.05) is 38.2 Å². The molecule has 0 radical (unpaired) electrons. The van der Waals surface area contributed by atoms with Crippen molar-refractivity contribution in [1.82, 2.24) is 10.6 Å². The Morgan fingerprint density at radius 1 is 1.25 bits per heavy atom. The molecule has 2 aliphatic carbocycles. The first-order valence-electron chi connectivity index (χ1n) is 10.9. The summed E-state index contributed by atoms with van der Waals surface area (Å²) in [5.41, 5.74) is 2.94. The van der Waals surface area contributed by atoms with E-state index in [1.54, 1.807) is 0 Å². The van der Waals surface area contributed by atoms with Gasteiger partial charge in [-0.1, -0.05) is 18.6 Å². The second-order valence-corrected chi connectivity index (χ2v) is 8.92. The molecule has 5 nitrogen and oxygen atoms in total. The molecule has 1 unspecified atom stereocenters. The van der Waals surface area contributed by atoms with Gasteiger partial charge in [0.1, 0.15) is 5.75 Å². The summed E-state index contributed by atoms with van der Waals surface area (Å²) in [5.74, 6) is 3.33. The van der Waals surface area contributed by atoms with Gasteiger partial charge in [-0.05, 0) is 62.0 Å². The van der Waals surface area contributed by atoms with Crippen molar-refractivity contribution in [2.45, 2.75) is 52.0 Å². The fourth-order valence-electron chi connectivity index (χ4n) is 4.58. The third kappa shape index (κ3) is 4.62. The van der Waals surface area contributed by atoms with Crippen LogP contribution in [0.2, 0.25) is 0 Å². The van der Waals surface area contributed by atoms with E-state index in [0.717, 1.165) is 50.4 Å². The maximum atomic E-state index is 6.17. The van der Waals surface area contributed by atoms with Crippen LogP contribution in [0.15, 0.2) is 23.2 Å². The fourth-order valence-corrected chi connectivity index (χ4v) is 4.58. The summed E-state index contributed by atoms with van der Waals surface area (Å²) in [4.78, 5) is 4.44. The van der Waals surface area contributed by atoms with Crippen LogP contribution in [0, 0.1) is 24.2 Å². The number of aliphatic imine (C=N–C) groups is 1. The molecule has 0 spiro atoms. The number of ether oxygens (including phenoxy) is 2. The number of rotatable bonds is 8. The average molecular weight is 386 g/mol. The number of hydrogen-bond donors (Lipinski definition) is 2. The molecule has 3 fully saturated rings. The molecular weight excluding hydrogens is 350 g/mol. The van der Waals surface area contributed by atoms with E-state index >= 15 is 0 Å². The Morgan fingerprint density at radius 2 is 2.11 bits per heavy atom. The quantitative estimate of drug-likeness (QED) is 0.530. The summed E-state index contributed by atoms with van der Waals surface area (Å²) < 4.78 is 11.6. The van der Waals surface area contributed by atoms with Gasteiger partial charge in [-0.3, -0.25) is 4.99 Å². The predicted octanol–water partition coefficient (Wildman–Crippen LogP) is 3.66. The molecule has 1 aliphatic heterocycles. The lowest BCUT2D eigenvalue weighted by molar-refractivity contribution is 0.106. The Labute approximate surface area is 169 Å². The van der Waals surface area contributed by atoms with Crippen LogP contribution in [0.25, 0.3) is 0 Å². The molecule has 0 aromatic heterocycles. The van der Waals surface area contributed by atoms with E-state index in [1.165, 1.54) is 43.2 Å². The molecule has 28 heavy (non-hydrogen) atoms. The highest BCUT2D eigenvalue weighted by atomic mass is 16.5. The summed E-state index contributed by atoms with van der Waals surface area (Å²) in [5, 5.41) is 7.08. The maximum Gasteiger partial charge on any atom is 0.191 e. The third-order valence-corrected chi connectivity index (χ3v) is 6.79. The Morgan fingerprint density at radius 3 is 2.75 bits per heavy atom. The molecule has 1 saturated heterocycles. The molecule has 1 heterocycles. The molecule has 2 saturated carbocycles. The van der Waals surface area contributed by atoms with Crippen LogP contribution in [0.4, 0.5) is 0 Å². The zero-order chi connectivity index (χ0) is 19.4. The monoisotopic (exact) mass is 385 g/mol. The first-order chi connectivity index (χ1) is 13.7. The van der Waals surface area contributed by atoms with Crippen LogP contribution in [-0.4, -0.2) is 39.4 Å². The molecule has 2 N–H and O–H groups in total. The van der Waals surface area contributed by atoms with E-state index < -0.39 is 0 Å². The van der Waals surface area contributed by atoms with Crippen molar-refractivity contribution in [3.8, 4) is 5.75 Å². The Bertz CT molecular complexity index is 689. The summed E-state index contributed by atoms with van der Waals surface area (Å²) in [6.45, 7) is 6.29. The van der Waals surface area contributed by atoms with E-state index in [2.05, 4.69) is 40.7 Å². The summed E-state index contributed by atoms with van der Waals surface area (Å²) >= 11 is 0. The van der Waals surface area contributed by atoms with Gasteiger partial charge in [0.25, 0.3) is 0 Å². The molecule has 1 atom stereocenters. The molecule has 0 bridgehead atoms. The molecule has 5 heteroatoms. The van der Waals surface area contributed by atoms with Crippen LogP contribution in [0.5, 0.6) is 5.75 Å². The van der Waals surface area contributed by atoms with Crippen molar-refractivity contribution >= 4 is 5.96 Å². The molecular formula is C23H35N3O2. The van der Waals surface area contributed by atoms with Crippen LogP contribution in [0.3, 0.4) is 0 Å². The van der Waals surface area contributed by atoms with Crippen molar-refractivity contribution < 1.29 is 9.47 Å². The van der Waals surface area contributed by atoms with Gasteiger partial charge < -0.3 is 20.1 Å². The van der Waals surface area contributed by atoms with Crippen molar-refractivity contribution in [3.05, 3.63) is 29.3 Å². The number of guanidine groups is 1. The molecule has 3 aliphatic rings. The number of benzene rings is 1. The summed E-state index contributed by atoms with van der Waals surface area (Å²) in [6, 6.07) is 6.45. The zero-order valence-electron chi connectivity index (χ0n) is 17.4. The highest BCUT2D eigenvalue weighted by Crippen LogP contribution is 2.56. The number of nitrogens with zero attached hydrogens (tertiary/aromatic N) is 1. The lowest BCUT2D eigenvalue weighted by Gasteiger charge is -2.43. The van der Waals surface area contributed by atoms with E-state index in [9.17, 15) is 0 Å². The number of aryl methyl sites for hydroxylation is 1. The van der Waals surface area contributed by atoms with Crippen LogP contribution < -0.4 is 15.4 Å². The van der Waals surface area contributed by atoms with Crippen molar-refractivity contribution in [3.63, 3.8) is 0 Å². The largest absolute Gasteiger partial charge is 0.493 e. The maximum absolute atomic E-state index is 6.17. The van der Waals surface area contributed by atoms with E-state index in [0.29, 0.717) is 17.9 Å². The van der Waals surface area contributed by atoms with Gasteiger partial charge in [0.2, 0.25) is 0 Å². The fraction of sp³-hybridized carbons (Fsp3) is 0.696. The lowest BCUT2D eigenvalue weighted by Crippen LogP contribution is -2.47. The predicted molar refractivity (Wildman–Crippen MR) is 113 cm³/mol. The van der Waals surface area contributed by atoms with Crippen molar-refractivity contribution in [2.75, 3.05) is 33.4 Å². The van der Waals surface area contributed by atoms with Crippen LogP contribution >= 0.6 is 0 Å². The highest BCUT2D eigenvalue weighted by molar-refractivity contribution is 5.79. The molecule has 1 aromatic carbocycles. The van der Waals surface area contributed by atoms with Gasteiger partial charge in [-0.2, -0.15) is 0 Å². The Balaban J connectivity index is 1.31. The topological polar surface area (TPSA) is 54.9 Å². The van der Waals surface area contributed by atoms with Crippen LogP contribution in [-0.2, 0) is 11.3 Å². The first-order valence-corrected chi connectivity index (χ1v) is 10.9. The number of nitrogens with one attached hydrogen (secondary N) is 2. The molecule has 154 valence electrons. The van der Waals surface area contributed by atoms with Crippen molar-refractivity contribution in [2.24, 2.45) is 22.2 Å². The average Bonchev–Trinajstić information content (AvgIpc) is 3.38. The number of hydrogen-bond acceptors (Lipinski definition) is 3. The zero-order valence-corrected chi connectivity index (χ0v) is 17.4. The summed E-state index contributed by atoms with van der Waals surface area (Å²) in [7, 11) is 1.85. The van der Waals surface area contributed by atoms with E-state index in [1.807, 2.05) is 7.05 Å². The molecule has 0 amide bonds. The second kappa shape index (κ2) is 8.73. The van der Waals surface area contributed by atoms with E-state index in [-0.39, 0.29) is 0 Å². The second-order valence-electron chi connectivity index (χ2n) is 8.92. The minimum atomic E-state index is 0.511. The lowest BCUT2D eigenvalue weighted by atomic mass is 9.65. The summed E-state index contributed by atoms with van der Waals surface area (Å²) in [6.07, 6.45) is 8.08. The van der Waals surface area contributed by atoms with E-state index in [4.69, 9.17) is 9.47 Å². The molecule has 4 rings (SSSR count). The highest BCUT2D eigenvalue weighted by Gasteiger charge is 2.48. The SMILES string of the molecule is CN=C(NCc1ccc(C)cc1OCC1CCOC1)NCC1(C2CC2)CCC1. The minimum absolute atomic E-state index is 0.511. The Hall–Kier alpha value is -1.75. The first kappa shape index (κ1) is 19.6. The standard InChI is InChI=1S/C23H35N3O2/c1-17-4-5-19(21(12-17)28-15-18-8-11-27-14-18)13-25-22(24-2)26-16-23(9-3-10-23)20-6-7-20/h4-5,12,18,20H,3,6-11,13-16H2,1-2H3,(H2,24,25,26). The minimum Gasteiger partial charge on any atom is -0.493 e. The Kier molecular flexibility index (Phi) is 6.10. The van der Waals surface area contributed by atoms with Gasteiger partial charge in [-0.15, -0.1) is 0 Å². The normalized spacial score (nSPS) is 23.9. The van der Waals surface area contributed by atoms with Gasteiger partial charge >= 0.3 is 0 Å². The van der Waals surface area contributed by atoms with Gasteiger partial charge in [0.15, 0.2) is 5.96 Å².